The maximum Gasteiger partial charge on any atom is 0.325 e. The van der Waals surface area contributed by atoms with Gasteiger partial charge in [-0.15, -0.1) is 0 Å². The first-order chi connectivity index (χ1) is 26.7. The number of benzene rings is 1. The molecule has 2 bridgehead atoms. The third kappa shape index (κ3) is 15.6. The molecule has 5 N–H and O–H groups in total. The fourth-order valence-electron chi connectivity index (χ4n) is 6.93. The summed E-state index contributed by atoms with van der Waals surface area (Å²) in [5, 5.41) is 29.6. The number of Topliss-reactive ketones (excluding diaryl/α,β-unsaturated/α-hetero) is 1. The molecule has 12 nitrogen and oxygen atoms in total. The van der Waals surface area contributed by atoms with E-state index in [1.807, 2.05) is 70.0 Å². The number of carbonyl (C=O) groups is 5. The Balaban J connectivity index is 2.00. The van der Waals surface area contributed by atoms with E-state index in [-0.39, 0.29) is 42.0 Å². The highest BCUT2D eigenvalue weighted by atomic mass is 16.5. The Morgan fingerprint density at radius 1 is 1.04 bits per heavy atom. The Labute approximate surface area is 332 Å². The number of phenolic OH excluding ortho intramolecular Hbond substituents is 1. The van der Waals surface area contributed by atoms with Gasteiger partial charge < -0.3 is 30.4 Å². The van der Waals surface area contributed by atoms with Crippen molar-refractivity contribution in [3.8, 4) is 5.75 Å². The number of aliphatic hydroxyl groups excluding tert-OH is 1. The lowest BCUT2D eigenvalue weighted by Gasteiger charge is -2.36. The molecule has 0 aromatic heterocycles. The number of ketones is 2. The lowest BCUT2D eigenvalue weighted by atomic mass is 9.85. The highest BCUT2D eigenvalue weighted by Gasteiger charge is 2.35. The van der Waals surface area contributed by atoms with E-state index < -0.39 is 54.0 Å². The van der Waals surface area contributed by atoms with Crippen LogP contribution in [0.15, 0.2) is 72.4 Å². The maximum absolute atomic E-state index is 14.1. The van der Waals surface area contributed by atoms with Gasteiger partial charge in [0.1, 0.15) is 29.7 Å². The number of carbonyl (C=O) groups excluding carboxylic acids is 5. The summed E-state index contributed by atoms with van der Waals surface area (Å²) in [4.78, 5) is 65.7. The number of phenols is 1. The number of hydrogen-bond acceptors (Lipinski definition) is 10. The largest absolute Gasteiger partial charge is 0.508 e. The summed E-state index contributed by atoms with van der Waals surface area (Å²) in [6.45, 7) is 11.7. The molecule has 3 rings (SSSR count). The average molecular weight is 777 g/mol. The third-order valence-corrected chi connectivity index (χ3v) is 10.3. The van der Waals surface area contributed by atoms with Gasteiger partial charge in [0.2, 0.25) is 11.8 Å². The first kappa shape index (κ1) is 46.0. The smallest absolute Gasteiger partial charge is 0.325 e. The SMILES string of the molecule is CCCC(=O)C=CC=C(C)C1CC=CC=CCC(C)C(O)C(CCC(C)=O)C(=O)NC(C(C)C)C(=O)NC(Cc2cccc(O)c2)CN2CCCC(N2)C(=O)O1. The number of nitrogens with zero attached hydrogens (tertiary/aromatic N) is 1. The van der Waals surface area contributed by atoms with E-state index in [2.05, 4.69) is 16.1 Å². The number of hydrogen-bond donors (Lipinski definition) is 5. The number of aliphatic hydroxyl groups is 1. The highest BCUT2D eigenvalue weighted by molar-refractivity contribution is 5.90. The second kappa shape index (κ2) is 23.6. The predicted molar refractivity (Wildman–Crippen MR) is 217 cm³/mol. The van der Waals surface area contributed by atoms with Crippen molar-refractivity contribution in [2.24, 2.45) is 17.8 Å². The van der Waals surface area contributed by atoms with Gasteiger partial charge >= 0.3 is 5.97 Å². The van der Waals surface area contributed by atoms with Crippen molar-refractivity contribution in [1.82, 2.24) is 21.1 Å². The number of esters is 1. The number of amides is 2. The van der Waals surface area contributed by atoms with Gasteiger partial charge in [-0.05, 0) is 93.6 Å². The first-order valence-corrected chi connectivity index (χ1v) is 20.2. The molecule has 56 heavy (non-hydrogen) atoms. The van der Waals surface area contributed by atoms with Crippen LogP contribution in [0, 0.1) is 17.8 Å². The summed E-state index contributed by atoms with van der Waals surface area (Å²) in [5.41, 5.74) is 4.88. The molecule has 1 saturated heterocycles. The van der Waals surface area contributed by atoms with Gasteiger partial charge in [-0.25, -0.2) is 10.4 Å². The fraction of sp³-hybridized carbons (Fsp3) is 0.568. The molecule has 1 fully saturated rings. The van der Waals surface area contributed by atoms with Crippen LogP contribution in [-0.2, 0) is 35.1 Å². The number of hydrazine groups is 1. The van der Waals surface area contributed by atoms with Crippen LogP contribution in [0.25, 0.3) is 0 Å². The monoisotopic (exact) mass is 776 g/mol. The molecule has 0 radical (unpaired) electrons. The van der Waals surface area contributed by atoms with E-state index in [0.717, 1.165) is 17.6 Å². The Kier molecular flexibility index (Phi) is 19.4. The quantitative estimate of drug-likeness (QED) is 0.114. The van der Waals surface area contributed by atoms with Gasteiger partial charge in [0.25, 0.3) is 0 Å². The molecule has 1 aromatic rings. The molecule has 308 valence electrons. The summed E-state index contributed by atoms with van der Waals surface area (Å²) >= 11 is 0. The van der Waals surface area contributed by atoms with Gasteiger partial charge in [0, 0.05) is 38.4 Å². The van der Waals surface area contributed by atoms with Crippen molar-refractivity contribution in [1.29, 1.82) is 0 Å². The van der Waals surface area contributed by atoms with Crippen LogP contribution in [0.5, 0.6) is 5.75 Å². The topological polar surface area (TPSA) is 174 Å². The van der Waals surface area contributed by atoms with E-state index in [9.17, 15) is 34.2 Å². The van der Waals surface area contributed by atoms with Crippen molar-refractivity contribution < 1.29 is 38.9 Å². The molecular formula is C44H64N4O8. The Morgan fingerprint density at radius 2 is 1.77 bits per heavy atom. The molecule has 2 heterocycles. The van der Waals surface area contributed by atoms with Crippen LogP contribution in [0.3, 0.4) is 0 Å². The third-order valence-electron chi connectivity index (χ3n) is 10.3. The average Bonchev–Trinajstić information content (AvgIpc) is 3.14. The summed E-state index contributed by atoms with van der Waals surface area (Å²) in [7, 11) is 0. The van der Waals surface area contributed by atoms with Gasteiger partial charge in [-0.1, -0.05) is 76.3 Å². The zero-order valence-electron chi connectivity index (χ0n) is 34.0. The molecule has 8 unspecified atom stereocenters. The molecule has 1 aromatic carbocycles. The summed E-state index contributed by atoms with van der Waals surface area (Å²) in [6.07, 6.45) is 14.7. The second-order valence-corrected chi connectivity index (χ2v) is 15.6. The first-order valence-electron chi connectivity index (χ1n) is 20.2. The minimum absolute atomic E-state index is 0.0241. The molecule has 0 spiro atoms. The number of rotatable bonds is 11. The van der Waals surface area contributed by atoms with Gasteiger partial charge in [-0.3, -0.25) is 19.2 Å². The fourth-order valence-corrected chi connectivity index (χ4v) is 6.93. The van der Waals surface area contributed by atoms with Gasteiger partial charge in [0.15, 0.2) is 5.78 Å². The summed E-state index contributed by atoms with van der Waals surface area (Å²) in [6, 6.07) is 4.72. The van der Waals surface area contributed by atoms with E-state index in [1.165, 1.54) is 13.0 Å². The lowest BCUT2D eigenvalue weighted by Crippen LogP contribution is -2.59. The van der Waals surface area contributed by atoms with Gasteiger partial charge in [-0.2, -0.15) is 0 Å². The van der Waals surface area contributed by atoms with Crippen LogP contribution in [0.2, 0.25) is 0 Å². The van der Waals surface area contributed by atoms with E-state index in [0.29, 0.717) is 51.6 Å². The molecule has 8 atom stereocenters. The molecule has 0 aliphatic carbocycles. The number of cyclic esters (lactones) is 1. The molecule has 12 heteroatoms. The zero-order chi connectivity index (χ0) is 41.2. The van der Waals surface area contributed by atoms with Crippen LogP contribution < -0.4 is 16.1 Å². The van der Waals surface area contributed by atoms with Crippen molar-refractivity contribution in [3.63, 3.8) is 0 Å². The zero-order valence-corrected chi connectivity index (χ0v) is 34.0. The predicted octanol–water partition coefficient (Wildman–Crippen LogP) is 5.20. The minimum atomic E-state index is -1.08. The standard InChI is InChI=1S/C44H64N4O8/c1-7-15-35(50)19-12-17-30(4)39-22-11-9-8-10-16-31(5)41(52)37(24-23-32(6)49)42(53)46-40(29(2)3)43(54)45-34(26-33-18-13-20-36(51)27-33)28-48-25-14-21-38(47-48)44(55)56-39/h8-13,17-20,27,29,31,34,37-41,47,51-52H,7,14-16,21-26,28H2,1-6H3,(H,45,54)(H,46,53). The van der Waals surface area contributed by atoms with Crippen LogP contribution in [0.4, 0.5) is 0 Å². The number of aromatic hydroxyl groups is 1. The van der Waals surface area contributed by atoms with E-state index >= 15 is 0 Å². The van der Waals surface area contributed by atoms with Crippen LogP contribution in [0.1, 0.15) is 98.5 Å². The number of fused-ring (bicyclic) bond motifs is 2. The van der Waals surface area contributed by atoms with Crippen LogP contribution in [-0.4, -0.2) is 88.0 Å². The highest BCUT2D eigenvalue weighted by Crippen LogP contribution is 2.24. The Hall–Kier alpha value is -4.39. The van der Waals surface area contributed by atoms with Gasteiger partial charge in [0.05, 0.1) is 12.0 Å². The minimum Gasteiger partial charge on any atom is -0.508 e. The summed E-state index contributed by atoms with van der Waals surface area (Å²) < 4.78 is 6.12. The van der Waals surface area contributed by atoms with Crippen molar-refractivity contribution in [2.75, 3.05) is 13.1 Å². The van der Waals surface area contributed by atoms with Crippen molar-refractivity contribution in [3.05, 3.63) is 77.9 Å². The second-order valence-electron chi connectivity index (χ2n) is 15.6. The Bertz CT molecular complexity index is 1600. The van der Waals surface area contributed by atoms with E-state index in [4.69, 9.17) is 4.74 Å². The number of ether oxygens (including phenoxy) is 1. The van der Waals surface area contributed by atoms with Crippen molar-refractivity contribution >= 4 is 29.4 Å². The molecule has 2 aliphatic rings. The lowest BCUT2D eigenvalue weighted by molar-refractivity contribution is -0.153. The molecule has 2 aliphatic heterocycles. The number of allylic oxidation sites excluding steroid dienone is 6. The van der Waals surface area contributed by atoms with Crippen LogP contribution >= 0.6 is 0 Å². The van der Waals surface area contributed by atoms with Crippen molar-refractivity contribution in [2.45, 2.75) is 130 Å². The molecule has 0 saturated carbocycles. The normalized spacial score (nSPS) is 27.9. The molecular weight excluding hydrogens is 713 g/mol. The Morgan fingerprint density at radius 3 is 2.45 bits per heavy atom. The van der Waals surface area contributed by atoms with E-state index in [1.54, 1.807) is 30.4 Å². The molecule has 2 amide bonds. The summed E-state index contributed by atoms with van der Waals surface area (Å²) in [5.74, 6) is -2.88. The maximum atomic E-state index is 14.1. The number of nitrogens with one attached hydrogen (secondary N) is 3.